The van der Waals surface area contributed by atoms with E-state index in [2.05, 4.69) is 14.6 Å². The van der Waals surface area contributed by atoms with Crippen LogP contribution in [-0.2, 0) is 21.3 Å². The van der Waals surface area contributed by atoms with Crippen LogP contribution >= 0.6 is 11.6 Å². The highest BCUT2D eigenvalue weighted by atomic mass is 35.5. The summed E-state index contributed by atoms with van der Waals surface area (Å²) in [6.07, 6.45) is 1.69. The van der Waals surface area contributed by atoms with E-state index in [0.717, 1.165) is 24.5 Å². The predicted molar refractivity (Wildman–Crippen MR) is 92.7 cm³/mol. The summed E-state index contributed by atoms with van der Waals surface area (Å²) in [5.41, 5.74) is 0.845. The van der Waals surface area contributed by atoms with Crippen molar-refractivity contribution in [2.75, 3.05) is 31.2 Å². The van der Waals surface area contributed by atoms with Crippen molar-refractivity contribution < 1.29 is 13.2 Å². The fraction of sp³-hybridized carbons (Fsp3) is 0.312. The molecule has 1 aromatic heterocycles. The minimum atomic E-state index is -3.61. The van der Waals surface area contributed by atoms with Crippen LogP contribution in [-0.4, -0.2) is 39.7 Å². The predicted octanol–water partition coefficient (Wildman–Crippen LogP) is 2.05. The highest BCUT2D eigenvalue weighted by Gasteiger charge is 2.15. The van der Waals surface area contributed by atoms with Gasteiger partial charge in [-0.3, -0.25) is 0 Å². The van der Waals surface area contributed by atoms with Gasteiger partial charge in [-0.15, -0.1) is 0 Å². The quantitative estimate of drug-likeness (QED) is 0.875. The van der Waals surface area contributed by atoms with Gasteiger partial charge in [0, 0.05) is 30.9 Å². The molecule has 128 valence electrons. The molecule has 0 spiro atoms. The molecular formula is C16H18ClN3O3S. The van der Waals surface area contributed by atoms with Crippen molar-refractivity contribution in [2.24, 2.45) is 0 Å². The Kier molecular flexibility index (Phi) is 5.35. The Hall–Kier alpha value is -1.67. The SMILES string of the molecule is O=S(=O)(NCc1ccnc(N2CCOCC2)c1)c1cccc(Cl)c1. The van der Waals surface area contributed by atoms with Crippen LogP contribution in [0.2, 0.25) is 5.02 Å². The molecule has 3 rings (SSSR count). The van der Waals surface area contributed by atoms with Gasteiger partial charge in [0.2, 0.25) is 10.0 Å². The molecule has 1 saturated heterocycles. The van der Waals surface area contributed by atoms with Gasteiger partial charge >= 0.3 is 0 Å². The lowest BCUT2D eigenvalue weighted by atomic mass is 10.2. The van der Waals surface area contributed by atoms with Crippen molar-refractivity contribution >= 4 is 27.4 Å². The summed E-state index contributed by atoms with van der Waals surface area (Å²) in [5.74, 6) is 0.831. The normalized spacial score (nSPS) is 15.5. The third-order valence-electron chi connectivity index (χ3n) is 3.72. The maximum Gasteiger partial charge on any atom is 0.240 e. The largest absolute Gasteiger partial charge is 0.378 e. The molecule has 0 radical (unpaired) electrons. The molecule has 2 heterocycles. The Labute approximate surface area is 146 Å². The molecular weight excluding hydrogens is 350 g/mol. The number of anilines is 1. The molecule has 6 nitrogen and oxygen atoms in total. The van der Waals surface area contributed by atoms with E-state index in [1.165, 1.54) is 12.1 Å². The van der Waals surface area contributed by atoms with Crippen LogP contribution in [0.1, 0.15) is 5.56 Å². The minimum Gasteiger partial charge on any atom is -0.378 e. The summed E-state index contributed by atoms with van der Waals surface area (Å²) in [4.78, 5) is 6.63. The number of halogens is 1. The second-order valence-electron chi connectivity index (χ2n) is 5.40. The number of ether oxygens (including phenoxy) is 1. The zero-order chi connectivity index (χ0) is 17.0. The van der Waals surface area contributed by atoms with Gasteiger partial charge in [0.15, 0.2) is 0 Å². The summed E-state index contributed by atoms with van der Waals surface area (Å²) in [5, 5.41) is 0.386. The molecule has 2 aromatic rings. The molecule has 1 aliphatic heterocycles. The second kappa shape index (κ2) is 7.48. The molecule has 1 aromatic carbocycles. The van der Waals surface area contributed by atoms with Gasteiger partial charge in [0.05, 0.1) is 18.1 Å². The van der Waals surface area contributed by atoms with Gasteiger partial charge in [-0.25, -0.2) is 18.1 Å². The van der Waals surface area contributed by atoms with Gasteiger partial charge in [-0.2, -0.15) is 0 Å². The van der Waals surface area contributed by atoms with E-state index in [1.54, 1.807) is 24.4 Å². The number of rotatable bonds is 5. The van der Waals surface area contributed by atoms with Gasteiger partial charge in [0.25, 0.3) is 0 Å². The van der Waals surface area contributed by atoms with Gasteiger partial charge in [0.1, 0.15) is 5.82 Å². The zero-order valence-electron chi connectivity index (χ0n) is 13.0. The van der Waals surface area contributed by atoms with Crippen molar-refractivity contribution in [2.45, 2.75) is 11.4 Å². The maximum atomic E-state index is 12.3. The third-order valence-corrected chi connectivity index (χ3v) is 5.35. The zero-order valence-corrected chi connectivity index (χ0v) is 14.6. The minimum absolute atomic E-state index is 0.150. The lowest BCUT2D eigenvalue weighted by Gasteiger charge is -2.28. The molecule has 0 atom stereocenters. The number of nitrogens with zero attached hydrogens (tertiary/aromatic N) is 2. The summed E-state index contributed by atoms with van der Waals surface area (Å²) in [6, 6.07) is 9.88. The fourth-order valence-corrected chi connectivity index (χ4v) is 3.75. The van der Waals surface area contributed by atoms with E-state index in [1.807, 2.05) is 6.07 Å². The van der Waals surface area contributed by atoms with Crippen LogP contribution < -0.4 is 9.62 Å². The molecule has 1 aliphatic rings. The number of sulfonamides is 1. The van der Waals surface area contributed by atoms with Crippen molar-refractivity contribution in [1.29, 1.82) is 0 Å². The average Bonchev–Trinajstić information content (AvgIpc) is 2.61. The topological polar surface area (TPSA) is 71.5 Å². The Morgan fingerprint density at radius 2 is 2.00 bits per heavy atom. The van der Waals surface area contributed by atoms with Crippen molar-refractivity contribution in [3.63, 3.8) is 0 Å². The van der Waals surface area contributed by atoms with Crippen LogP contribution in [0.5, 0.6) is 0 Å². The number of aromatic nitrogens is 1. The molecule has 1 fully saturated rings. The first-order chi connectivity index (χ1) is 11.5. The van der Waals surface area contributed by atoms with Crippen LogP contribution in [0.25, 0.3) is 0 Å². The number of pyridine rings is 1. The number of hydrogen-bond donors (Lipinski definition) is 1. The molecule has 0 unspecified atom stereocenters. The van der Waals surface area contributed by atoms with Crippen LogP contribution in [0.3, 0.4) is 0 Å². The maximum absolute atomic E-state index is 12.3. The smallest absolute Gasteiger partial charge is 0.240 e. The summed E-state index contributed by atoms with van der Waals surface area (Å²) in [7, 11) is -3.61. The summed E-state index contributed by atoms with van der Waals surface area (Å²) >= 11 is 5.86. The van der Waals surface area contributed by atoms with Crippen LogP contribution in [0, 0.1) is 0 Å². The Bertz CT molecular complexity index is 808. The highest BCUT2D eigenvalue weighted by Crippen LogP contribution is 2.17. The number of nitrogens with one attached hydrogen (secondary N) is 1. The first-order valence-corrected chi connectivity index (χ1v) is 9.43. The molecule has 0 amide bonds. The van der Waals surface area contributed by atoms with E-state index < -0.39 is 10.0 Å². The number of morpholine rings is 1. The van der Waals surface area contributed by atoms with Gasteiger partial charge in [-0.1, -0.05) is 17.7 Å². The van der Waals surface area contributed by atoms with Crippen molar-refractivity contribution in [3.05, 3.63) is 53.2 Å². The average molecular weight is 368 g/mol. The lowest BCUT2D eigenvalue weighted by Crippen LogP contribution is -2.36. The molecule has 8 heteroatoms. The monoisotopic (exact) mass is 367 g/mol. The van der Waals surface area contributed by atoms with E-state index >= 15 is 0 Å². The van der Waals surface area contributed by atoms with Crippen molar-refractivity contribution in [3.8, 4) is 0 Å². The lowest BCUT2D eigenvalue weighted by molar-refractivity contribution is 0.122. The third kappa shape index (κ3) is 4.24. The molecule has 0 aliphatic carbocycles. The molecule has 0 saturated carbocycles. The van der Waals surface area contributed by atoms with Gasteiger partial charge < -0.3 is 9.64 Å². The first kappa shape index (κ1) is 17.2. The Morgan fingerprint density at radius 3 is 2.75 bits per heavy atom. The van der Waals surface area contributed by atoms with Crippen LogP contribution in [0.15, 0.2) is 47.5 Å². The fourth-order valence-electron chi connectivity index (χ4n) is 2.43. The number of benzene rings is 1. The Morgan fingerprint density at radius 1 is 1.21 bits per heavy atom. The Balaban J connectivity index is 1.70. The molecule has 0 bridgehead atoms. The molecule has 24 heavy (non-hydrogen) atoms. The van der Waals surface area contributed by atoms with E-state index in [0.29, 0.717) is 18.2 Å². The summed E-state index contributed by atoms with van der Waals surface area (Å²) in [6.45, 7) is 3.10. The van der Waals surface area contributed by atoms with E-state index in [4.69, 9.17) is 16.3 Å². The highest BCUT2D eigenvalue weighted by molar-refractivity contribution is 7.89. The van der Waals surface area contributed by atoms with E-state index in [9.17, 15) is 8.42 Å². The molecule has 1 N–H and O–H groups in total. The summed E-state index contributed by atoms with van der Waals surface area (Å²) < 4.78 is 32.6. The van der Waals surface area contributed by atoms with Crippen molar-refractivity contribution in [1.82, 2.24) is 9.71 Å². The second-order valence-corrected chi connectivity index (χ2v) is 7.61. The standard InChI is InChI=1S/C16H18ClN3O3S/c17-14-2-1-3-15(11-14)24(21,22)19-12-13-4-5-18-16(10-13)20-6-8-23-9-7-20/h1-5,10-11,19H,6-9,12H2. The van der Waals surface area contributed by atoms with Crippen LogP contribution in [0.4, 0.5) is 5.82 Å². The first-order valence-electron chi connectivity index (χ1n) is 7.57. The van der Waals surface area contributed by atoms with E-state index in [-0.39, 0.29) is 11.4 Å². The van der Waals surface area contributed by atoms with Gasteiger partial charge in [-0.05, 0) is 35.9 Å². The number of hydrogen-bond acceptors (Lipinski definition) is 5.